The number of esters is 3. The molecule has 77 heavy (non-hydrogen) atoms. The normalized spacial score (nSPS) is 12.4. The molecule has 0 aromatic heterocycles. The summed E-state index contributed by atoms with van der Waals surface area (Å²) in [6.45, 7) is 6.54. The third kappa shape index (κ3) is 63.8. The van der Waals surface area contributed by atoms with Gasteiger partial charge in [-0.25, -0.2) is 0 Å². The van der Waals surface area contributed by atoms with Crippen molar-refractivity contribution in [3.05, 3.63) is 60.8 Å². The molecule has 0 fully saturated rings. The fourth-order valence-corrected chi connectivity index (χ4v) is 9.85. The topological polar surface area (TPSA) is 78.9 Å². The molecule has 0 saturated carbocycles. The summed E-state index contributed by atoms with van der Waals surface area (Å²) in [6, 6.07) is 0. The SMILES string of the molecule is CCC/C=C\C/C=C\CCCCCCCC(=O)OC(COC(=O)CCCCCCC/C=C\CCCC)COC(=O)CCCCCCCCCCCCCCCCCCCCCCCCC/C=C\C/C=C\CCCCCCC. The minimum atomic E-state index is -0.782. The highest BCUT2D eigenvalue weighted by Gasteiger charge is 2.19. The smallest absolute Gasteiger partial charge is 0.306 e. The lowest BCUT2D eigenvalue weighted by molar-refractivity contribution is -0.167. The average Bonchev–Trinajstić information content (AvgIpc) is 3.43. The second-order valence-corrected chi connectivity index (χ2v) is 22.7. The summed E-state index contributed by atoms with van der Waals surface area (Å²) in [5.41, 5.74) is 0. The van der Waals surface area contributed by atoms with Crippen LogP contribution in [0.4, 0.5) is 0 Å². The van der Waals surface area contributed by atoms with Crippen LogP contribution in [0.15, 0.2) is 60.8 Å². The molecule has 0 bridgehead atoms. The fraction of sp³-hybridized carbons (Fsp3) is 0.817. The molecular weight excluding hydrogens is 949 g/mol. The summed E-state index contributed by atoms with van der Waals surface area (Å²) in [4.78, 5) is 38.2. The summed E-state index contributed by atoms with van der Waals surface area (Å²) >= 11 is 0. The Balaban J connectivity index is 4.00. The Labute approximate surface area is 479 Å². The number of ether oxygens (including phenoxy) is 3. The van der Waals surface area contributed by atoms with E-state index in [4.69, 9.17) is 14.2 Å². The van der Waals surface area contributed by atoms with Crippen molar-refractivity contribution in [1.82, 2.24) is 0 Å². The Bertz CT molecular complexity index is 1380. The molecule has 1 atom stereocenters. The van der Waals surface area contributed by atoms with E-state index in [9.17, 15) is 14.4 Å². The van der Waals surface area contributed by atoms with Gasteiger partial charge >= 0.3 is 17.9 Å². The van der Waals surface area contributed by atoms with Crippen molar-refractivity contribution in [3.8, 4) is 0 Å². The highest BCUT2D eigenvalue weighted by molar-refractivity contribution is 5.71. The number of carbonyl (C=O) groups is 3. The summed E-state index contributed by atoms with van der Waals surface area (Å²) in [5, 5.41) is 0. The zero-order valence-corrected chi connectivity index (χ0v) is 51.5. The van der Waals surface area contributed by atoms with Gasteiger partial charge in [-0.05, 0) is 96.3 Å². The Morgan fingerprint density at radius 3 is 0.818 bits per heavy atom. The molecule has 0 saturated heterocycles. The molecule has 0 N–H and O–H groups in total. The Kier molecular flexibility index (Phi) is 63.2. The fourth-order valence-electron chi connectivity index (χ4n) is 9.85. The second kappa shape index (κ2) is 65.6. The van der Waals surface area contributed by atoms with Gasteiger partial charge in [0.2, 0.25) is 0 Å². The van der Waals surface area contributed by atoms with Gasteiger partial charge in [-0.3, -0.25) is 14.4 Å². The molecule has 0 aliphatic heterocycles. The highest BCUT2D eigenvalue weighted by Crippen LogP contribution is 2.18. The number of allylic oxidation sites excluding steroid dienone is 10. The van der Waals surface area contributed by atoms with Crippen LogP contribution in [-0.4, -0.2) is 37.2 Å². The lowest BCUT2D eigenvalue weighted by Crippen LogP contribution is -2.30. The number of rotatable bonds is 62. The maximum atomic E-state index is 12.8. The van der Waals surface area contributed by atoms with E-state index in [0.717, 1.165) is 103 Å². The minimum absolute atomic E-state index is 0.0791. The lowest BCUT2D eigenvalue weighted by Gasteiger charge is -2.18. The third-order valence-electron chi connectivity index (χ3n) is 14.9. The van der Waals surface area contributed by atoms with Gasteiger partial charge in [0.1, 0.15) is 13.2 Å². The van der Waals surface area contributed by atoms with Crippen molar-refractivity contribution < 1.29 is 28.6 Å². The summed E-state index contributed by atoms with van der Waals surface area (Å²) < 4.78 is 16.9. The molecule has 1 unspecified atom stereocenters. The van der Waals surface area contributed by atoms with Gasteiger partial charge in [0, 0.05) is 19.3 Å². The van der Waals surface area contributed by atoms with Crippen LogP contribution in [0.1, 0.15) is 355 Å². The molecular formula is C71H128O6. The first-order valence-corrected chi connectivity index (χ1v) is 33.8. The molecule has 0 heterocycles. The molecule has 6 heteroatoms. The Hall–Kier alpha value is -2.89. The molecule has 0 aliphatic rings. The number of carbonyl (C=O) groups excluding carboxylic acids is 3. The minimum Gasteiger partial charge on any atom is -0.462 e. The van der Waals surface area contributed by atoms with Gasteiger partial charge in [-0.1, -0.05) is 300 Å². The van der Waals surface area contributed by atoms with E-state index in [1.54, 1.807) is 0 Å². The molecule has 0 amide bonds. The van der Waals surface area contributed by atoms with Crippen molar-refractivity contribution in [2.24, 2.45) is 0 Å². The van der Waals surface area contributed by atoms with E-state index in [1.165, 1.54) is 212 Å². The summed E-state index contributed by atoms with van der Waals surface area (Å²) in [7, 11) is 0. The van der Waals surface area contributed by atoms with E-state index < -0.39 is 6.10 Å². The van der Waals surface area contributed by atoms with Crippen LogP contribution in [0, 0.1) is 0 Å². The van der Waals surface area contributed by atoms with Crippen LogP contribution >= 0.6 is 0 Å². The zero-order valence-electron chi connectivity index (χ0n) is 51.5. The van der Waals surface area contributed by atoms with Crippen molar-refractivity contribution in [1.29, 1.82) is 0 Å². The predicted molar refractivity (Wildman–Crippen MR) is 335 cm³/mol. The third-order valence-corrected chi connectivity index (χ3v) is 14.9. The Morgan fingerprint density at radius 2 is 0.506 bits per heavy atom. The van der Waals surface area contributed by atoms with Gasteiger partial charge in [-0.2, -0.15) is 0 Å². The van der Waals surface area contributed by atoms with Crippen LogP contribution in [0.25, 0.3) is 0 Å². The van der Waals surface area contributed by atoms with E-state index in [2.05, 4.69) is 81.5 Å². The quantitative estimate of drug-likeness (QED) is 0.0261. The largest absolute Gasteiger partial charge is 0.462 e. The van der Waals surface area contributed by atoms with Crippen LogP contribution in [0.3, 0.4) is 0 Å². The summed E-state index contributed by atoms with van der Waals surface area (Å²) in [6.07, 6.45) is 84.2. The van der Waals surface area contributed by atoms with E-state index in [-0.39, 0.29) is 31.1 Å². The molecule has 0 aromatic rings. The van der Waals surface area contributed by atoms with E-state index in [1.807, 2.05) is 0 Å². The van der Waals surface area contributed by atoms with Crippen LogP contribution in [-0.2, 0) is 28.6 Å². The molecule has 0 radical (unpaired) electrons. The van der Waals surface area contributed by atoms with Gasteiger partial charge in [0.25, 0.3) is 0 Å². The van der Waals surface area contributed by atoms with Crippen molar-refractivity contribution in [2.45, 2.75) is 361 Å². The average molecular weight is 1080 g/mol. The first kappa shape index (κ1) is 74.1. The first-order chi connectivity index (χ1) is 38.0. The lowest BCUT2D eigenvalue weighted by atomic mass is 10.0. The van der Waals surface area contributed by atoms with Gasteiger partial charge in [0.05, 0.1) is 0 Å². The van der Waals surface area contributed by atoms with E-state index in [0.29, 0.717) is 19.3 Å². The number of hydrogen-bond donors (Lipinski definition) is 0. The number of unbranched alkanes of at least 4 members (excludes halogenated alkanes) is 41. The molecule has 0 aliphatic carbocycles. The van der Waals surface area contributed by atoms with Gasteiger partial charge in [0.15, 0.2) is 6.10 Å². The second-order valence-electron chi connectivity index (χ2n) is 22.7. The van der Waals surface area contributed by atoms with Gasteiger partial charge in [-0.15, -0.1) is 0 Å². The molecule has 6 nitrogen and oxygen atoms in total. The van der Waals surface area contributed by atoms with Crippen molar-refractivity contribution >= 4 is 17.9 Å². The monoisotopic (exact) mass is 1080 g/mol. The maximum absolute atomic E-state index is 12.8. The van der Waals surface area contributed by atoms with Crippen LogP contribution in [0.5, 0.6) is 0 Å². The maximum Gasteiger partial charge on any atom is 0.306 e. The molecule has 0 aromatic carbocycles. The zero-order chi connectivity index (χ0) is 55.7. The van der Waals surface area contributed by atoms with Crippen molar-refractivity contribution in [2.75, 3.05) is 13.2 Å². The first-order valence-electron chi connectivity index (χ1n) is 33.8. The molecule has 0 spiro atoms. The number of hydrogen-bond acceptors (Lipinski definition) is 6. The van der Waals surface area contributed by atoms with E-state index >= 15 is 0 Å². The standard InChI is InChI=1S/C71H128O6/c1-4-7-10-13-16-19-22-24-25-26-27-28-29-30-31-32-33-34-35-36-37-38-39-40-41-42-43-44-45-47-49-52-55-58-61-64-70(73)76-67-68(66-75-69(72)63-60-57-54-51-48-21-18-15-12-9-6-3)77-71(74)65-62-59-56-53-50-46-23-20-17-14-11-8-5-2/h11,14-15,18,20,22-24,26-27,68H,4-10,12-13,16-17,19,21,25,28-67H2,1-3H3/b14-11-,18-15-,23-20-,24-22-,27-26-. The summed E-state index contributed by atoms with van der Waals surface area (Å²) in [5.74, 6) is -0.889. The highest BCUT2D eigenvalue weighted by atomic mass is 16.6. The van der Waals surface area contributed by atoms with Gasteiger partial charge < -0.3 is 14.2 Å². The Morgan fingerprint density at radius 1 is 0.260 bits per heavy atom. The van der Waals surface area contributed by atoms with Crippen molar-refractivity contribution in [3.63, 3.8) is 0 Å². The molecule has 0 rings (SSSR count). The van der Waals surface area contributed by atoms with Crippen LogP contribution < -0.4 is 0 Å². The van der Waals surface area contributed by atoms with Crippen LogP contribution in [0.2, 0.25) is 0 Å². The molecule has 448 valence electrons. The predicted octanol–water partition coefficient (Wildman–Crippen LogP) is 23.1.